The molecule has 3 heteroatoms. The highest BCUT2D eigenvalue weighted by atomic mass is 79.9. The van der Waals surface area contributed by atoms with Crippen molar-refractivity contribution < 1.29 is 4.39 Å². The minimum atomic E-state index is -0.133. The van der Waals surface area contributed by atoms with Gasteiger partial charge < -0.3 is 0 Å². The van der Waals surface area contributed by atoms with Gasteiger partial charge >= 0.3 is 0 Å². The summed E-state index contributed by atoms with van der Waals surface area (Å²) in [5.41, 5.74) is 0.426. The van der Waals surface area contributed by atoms with Gasteiger partial charge in [0.15, 0.2) is 0 Å². The maximum atomic E-state index is 13.1. The van der Waals surface area contributed by atoms with Crippen molar-refractivity contribution >= 4 is 27.7 Å². The number of rotatable bonds is 4. The minimum absolute atomic E-state index is 0.133. The summed E-state index contributed by atoms with van der Waals surface area (Å²) in [7, 11) is 0. The molecule has 0 spiro atoms. The monoisotopic (exact) mass is 316 g/mol. The van der Waals surface area contributed by atoms with Crippen LogP contribution >= 0.6 is 27.7 Å². The van der Waals surface area contributed by atoms with Crippen LogP contribution < -0.4 is 0 Å². The fraction of sp³-hybridized carbons (Fsp3) is 0.571. The number of hydrogen-bond donors (Lipinski definition) is 0. The van der Waals surface area contributed by atoms with Crippen LogP contribution in [0.2, 0.25) is 0 Å². The van der Waals surface area contributed by atoms with Gasteiger partial charge in [0.2, 0.25) is 0 Å². The SMILES string of the molecule is Fc1cccc(SCC2(CBr)CCCCC2)c1. The third kappa shape index (κ3) is 3.72. The quantitative estimate of drug-likeness (QED) is 0.539. The smallest absolute Gasteiger partial charge is 0.124 e. The van der Waals surface area contributed by atoms with E-state index < -0.39 is 0 Å². The van der Waals surface area contributed by atoms with E-state index in [1.165, 1.54) is 38.2 Å². The van der Waals surface area contributed by atoms with Crippen LogP contribution in [0.3, 0.4) is 0 Å². The number of thioether (sulfide) groups is 1. The van der Waals surface area contributed by atoms with Crippen LogP contribution in [0.5, 0.6) is 0 Å². The van der Waals surface area contributed by atoms with Crippen molar-refractivity contribution in [2.45, 2.75) is 37.0 Å². The third-order valence-electron chi connectivity index (χ3n) is 3.54. The summed E-state index contributed by atoms with van der Waals surface area (Å²) in [5, 5.41) is 1.07. The van der Waals surface area contributed by atoms with E-state index in [0.717, 1.165) is 16.0 Å². The highest BCUT2D eigenvalue weighted by Gasteiger charge is 2.30. The van der Waals surface area contributed by atoms with Gasteiger partial charge in [0.05, 0.1) is 0 Å². The third-order valence-corrected chi connectivity index (χ3v) is 6.07. The summed E-state index contributed by atoms with van der Waals surface area (Å²) in [6.07, 6.45) is 6.67. The number of benzene rings is 1. The Hall–Kier alpha value is -0.0200. The van der Waals surface area contributed by atoms with Crippen molar-refractivity contribution in [1.29, 1.82) is 0 Å². The fourth-order valence-corrected chi connectivity index (χ4v) is 4.67. The van der Waals surface area contributed by atoms with E-state index in [1.807, 2.05) is 6.07 Å². The molecule has 1 aromatic rings. The second kappa shape index (κ2) is 6.24. The second-order valence-electron chi connectivity index (χ2n) is 4.94. The average molecular weight is 317 g/mol. The molecule has 0 heterocycles. The van der Waals surface area contributed by atoms with Gasteiger partial charge in [-0.1, -0.05) is 41.3 Å². The van der Waals surface area contributed by atoms with Gasteiger partial charge in [0.25, 0.3) is 0 Å². The van der Waals surface area contributed by atoms with E-state index in [0.29, 0.717) is 5.41 Å². The Morgan fingerprint density at radius 1 is 1.24 bits per heavy atom. The lowest BCUT2D eigenvalue weighted by Gasteiger charge is -2.35. The average Bonchev–Trinajstić information content (AvgIpc) is 2.38. The van der Waals surface area contributed by atoms with Gasteiger partial charge in [-0.2, -0.15) is 0 Å². The molecule has 1 fully saturated rings. The first-order valence-corrected chi connectivity index (χ1v) is 8.29. The highest BCUT2D eigenvalue weighted by Crippen LogP contribution is 2.41. The predicted octanol–water partition coefficient (Wildman–Crippen LogP) is 5.26. The van der Waals surface area contributed by atoms with Crippen molar-refractivity contribution in [3.05, 3.63) is 30.1 Å². The summed E-state index contributed by atoms with van der Waals surface area (Å²) in [6, 6.07) is 6.93. The second-order valence-corrected chi connectivity index (χ2v) is 6.55. The Kier molecular flexibility index (Phi) is 4.92. The Morgan fingerprint density at radius 2 is 2.00 bits per heavy atom. The van der Waals surface area contributed by atoms with Gasteiger partial charge in [-0.25, -0.2) is 4.39 Å². The van der Waals surface area contributed by atoms with E-state index in [-0.39, 0.29) is 5.82 Å². The van der Waals surface area contributed by atoms with Crippen molar-refractivity contribution in [2.24, 2.45) is 5.41 Å². The molecule has 2 rings (SSSR count). The maximum Gasteiger partial charge on any atom is 0.124 e. The molecular formula is C14H18BrFS. The van der Waals surface area contributed by atoms with Crippen molar-refractivity contribution in [1.82, 2.24) is 0 Å². The summed E-state index contributed by atoms with van der Waals surface area (Å²) >= 11 is 5.46. The van der Waals surface area contributed by atoms with Crippen molar-refractivity contribution in [3.63, 3.8) is 0 Å². The molecule has 0 radical (unpaired) electrons. The molecule has 0 saturated heterocycles. The largest absolute Gasteiger partial charge is 0.207 e. The van der Waals surface area contributed by atoms with Gasteiger partial charge in [-0.3, -0.25) is 0 Å². The van der Waals surface area contributed by atoms with Crippen LogP contribution in [0.15, 0.2) is 29.2 Å². The topological polar surface area (TPSA) is 0 Å². The zero-order chi connectivity index (χ0) is 12.1. The zero-order valence-electron chi connectivity index (χ0n) is 9.92. The van der Waals surface area contributed by atoms with Crippen LogP contribution in [0.1, 0.15) is 32.1 Å². The van der Waals surface area contributed by atoms with Crippen LogP contribution in [0.25, 0.3) is 0 Å². The first-order valence-electron chi connectivity index (χ1n) is 6.18. The summed E-state index contributed by atoms with van der Waals surface area (Å²) in [5.74, 6) is 0.966. The van der Waals surface area contributed by atoms with E-state index >= 15 is 0 Å². The first-order chi connectivity index (χ1) is 8.24. The molecule has 0 unspecified atom stereocenters. The number of alkyl halides is 1. The lowest BCUT2D eigenvalue weighted by Crippen LogP contribution is -2.28. The molecule has 0 N–H and O–H groups in total. The van der Waals surface area contributed by atoms with E-state index in [4.69, 9.17) is 0 Å². The van der Waals surface area contributed by atoms with Crippen LogP contribution in [-0.4, -0.2) is 11.1 Å². The van der Waals surface area contributed by atoms with Crippen LogP contribution in [-0.2, 0) is 0 Å². The molecule has 1 aromatic carbocycles. The lowest BCUT2D eigenvalue weighted by atomic mass is 9.77. The Bertz CT molecular complexity index is 361. The number of hydrogen-bond acceptors (Lipinski definition) is 1. The Balaban J connectivity index is 1.95. The van der Waals surface area contributed by atoms with Crippen LogP contribution in [0, 0.1) is 11.2 Å². The molecule has 94 valence electrons. The molecule has 0 bridgehead atoms. The molecule has 0 atom stereocenters. The molecule has 17 heavy (non-hydrogen) atoms. The van der Waals surface area contributed by atoms with E-state index in [1.54, 1.807) is 23.9 Å². The standard InChI is InChI=1S/C14H18BrFS/c15-10-14(7-2-1-3-8-14)11-17-13-6-4-5-12(16)9-13/h4-6,9H,1-3,7-8,10-11H2. The minimum Gasteiger partial charge on any atom is -0.207 e. The lowest BCUT2D eigenvalue weighted by molar-refractivity contribution is 0.260. The molecule has 0 amide bonds. The maximum absolute atomic E-state index is 13.1. The molecule has 0 aliphatic heterocycles. The summed E-state index contributed by atoms with van der Waals surface area (Å²) in [6.45, 7) is 0. The number of halogens is 2. The molecule has 0 aromatic heterocycles. The molecule has 1 saturated carbocycles. The predicted molar refractivity (Wildman–Crippen MR) is 76.4 cm³/mol. The first kappa shape index (κ1) is 13.4. The van der Waals surface area contributed by atoms with Gasteiger partial charge in [-0.15, -0.1) is 11.8 Å². The highest BCUT2D eigenvalue weighted by molar-refractivity contribution is 9.09. The normalized spacial score (nSPS) is 19.2. The van der Waals surface area contributed by atoms with E-state index in [9.17, 15) is 4.39 Å². The Labute approximate surface area is 116 Å². The zero-order valence-corrected chi connectivity index (χ0v) is 12.3. The van der Waals surface area contributed by atoms with Gasteiger partial charge in [0, 0.05) is 16.0 Å². The fourth-order valence-electron chi connectivity index (χ4n) is 2.41. The van der Waals surface area contributed by atoms with Gasteiger partial charge in [0.1, 0.15) is 5.82 Å². The van der Waals surface area contributed by atoms with Crippen LogP contribution in [0.4, 0.5) is 4.39 Å². The summed E-state index contributed by atoms with van der Waals surface area (Å²) in [4.78, 5) is 1.05. The molecule has 1 aliphatic rings. The van der Waals surface area contributed by atoms with Crippen molar-refractivity contribution in [2.75, 3.05) is 11.1 Å². The molecule has 1 aliphatic carbocycles. The van der Waals surface area contributed by atoms with Gasteiger partial charge in [-0.05, 0) is 36.5 Å². The van der Waals surface area contributed by atoms with Crippen molar-refractivity contribution in [3.8, 4) is 0 Å². The Morgan fingerprint density at radius 3 is 2.65 bits per heavy atom. The summed E-state index contributed by atoms with van der Waals surface area (Å²) < 4.78 is 13.1. The molecular weight excluding hydrogens is 299 g/mol. The molecule has 0 nitrogen and oxygen atoms in total. The van der Waals surface area contributed by atoms with E-state index in [2.05, 4.69) is 15.9 Å².